The van der Waals surface area contributed by atoms with Gasteiger partial charge in [-0.1, -0.05) is 145 Å². The molecule has 0 atom stereocenters. The van der Waals surface area contributed by atoms with Crippen molar-refractivity contribution in [2.24, 2.45) is 0 Å². The Balaban J connectivity index is 0.000000288. The van der Waals surface area contributed by atoms with Crippen molar-refractivity contribution in [3.63, 3.8) is 0 Å². The number of aromatic nitrogens is 3. The summed E-state index contributed by atoms with van der Waals surface area (Å²) in [6, 6.07) is 73.7. The zero-order valence-corrected chi connectivity index (χ0v) is 36.8. The monoisotopic (exact) mass is 986 g/mol. The van der Waals surface area contributed by atoms with E-state index in [0.29, 0.717) is 0 Å². The van der Waals surface area contributed by atoms with Crippen molar-refractivity contribution in [3.05, 3.63) is 212 Å². The molecule has 0 spiro atoms. The fourth-order valence-electron chi connectivity index (χ4n) is 9.27. The van der Waals surface area contributed by atoms with Crippen LogP contribution >= 0.6 is 11.3 Å². The SMILES string of the molecule is Cc1c[c-]c(-c2nc3cccc4c5ccccc5c5ccccc5c5ccccc5n2c34)c2sc3cc4c(ccc5ccccc54)cc3c12.[Ir].[c-]1ccccc1-c1ccccn1. The van der Waals surface area contributed by atoms with Gasteiger partial charge in [-0.05, 0) is 89.2 Å². The Morgan fingerprint density at radius 1 is 0.532 bits per heavy atom. The van der Waals surface area contributed by atoms with E-state index < -0.39 is 0 Å². The molecule has 0 aliphatic heterocycles. The van der Waals surface area contributed by atoms with Crippen LogP contribution < -0.4 is 0 Å². The van der Waals surface area contributed by atoms with Crippen molar-refractivity contribution in [1.82, 2.24) is 14.4 Å². The Morgan fingerprint density at radius 3 is 1.95 bits per heavy atom. The molecule has 0 bridgehead atoms. The summed E-state index contributed by atoms with van der Waals surface area (Å²) in [5.41, 5.74) is 7.49. The molecule has 0 saturated carbocycles. The Kier molecular flexibility index (Phi) is 9.47. The molecule has 0 aliphatic carbocycles. The van der Waals surface area contributed by atoms with E-state index in [1.54, 1.807) is 6.20 Å². The van der Waals surface area contributed by atoms with Crippen molar-refractivity contribution >= 4 is 102 Å². The van der Waals surface area contributed by atoms with E-state index >= 15 is 0 Å². The van der Waals surface area contributed by atoms with Crippen LogP contribution in [-0.2, 0) is 20.1 Å². The third-order valence-electron chi connectivity index (χ3n) is 12.0. The molecule has 0 N–H and O–H groups in total. The van der Waals surface area contributed by atoms with Crippen molar-refractivity contribution < 1.29 is 20.1 Å². The summed E-state index contributed by atoms with van der Waals surface area (Å²) in [6.07, 6.45) is 1.79. The molecular formula is C57H35IrN3S-2. The van der Waals surface area contributed by atoms with Gasteiger partial charge in [-0.3, -0.25) is 4.98 Å². The zero-order valence-electron chi connectivity index (χ0n) is 33.6. The van der Waals surface area contributed by atoms with E-state index in [4.69, 9.17) is 4.98 Å². The first-order valence-electron chi connectivity index (χ1n) is 20.6. The van der Waals surface area contributed by atoms with Crippen molar-refractivity contribution in [2.45, 2.75) is 6.92 Å². The summed E-state index contributed by atoms with van der Waals surface area (Å²) in [5, 5.41) is 14.9. The van der Waals surface area contributed by atoms with E-state index in [1.807, 2.05) is 53.8 Å². The van der Waals surface area contributed by atoms with E-state index in [0.717, 1.165) is 39.2 Å². The topological polar surface area (TPSA) is 30.2 Å². The molecule has 13 rings (SSSR count). The quantitative estimate of drug-likeness (QED) is 0.128. The molecule has 13 aromatic rings. The van der Waals surface area contributed by atoms with Crippen LogP contribution in [0.15, 0.2) is 194 Å². The third-order valence-corrected chi connectivity index (χ3v) is 13.2. The normalized spacial score (nSPS) is 11.5. The molecule has 0 aliphatic rings. The summed E-state index contributed by atoms with van der Waals surface area (Å²) in [5.74, 6) is 0.915. The maximum absolute atomic E-state index is 5.48. The van der Waals surface area contributed by atoms with Gasteiger partial charge in [0, 0.05) is 47.3 Å². The fourth-order valence-corrected chi connectivity index (χ4v) is 10.6. The predicted octanol–water partition coefficient (Wildman–Crippen LogP) is 15.5. The van der Waals surface area contributed by atoms with Crippen LogP contribution in [0, 0.1) is 19.1 Å². The summed E-state index contributed by atoms with van der Waals surface area (Å²) < 4.78 is 4.92. The Morgan fingerprint density at radius 2 is 1.19 bits per heavy atom. The van der Waals surface area contributed by atoms with Gasteiger partial charge in [0.05, 0.1) is 16.9 Å². The zero-order chi connectivity index (χ0) is 40.4. The Bertz CT molecular complexity index is 3850. The van der Waals surface area contributed by atoms with Crippen LogP contribution in [-0.4, -0.2) is 14.4 Å². The second-order valence-electron chi connectivity index (χ2n) is 15.6. The van der Waals surface area contributed by atoms with Gasteiger partial charge in [0.1, 0.15) is 0 Å². The average Bonchev–Trinajstić information content (AvgIpc) is 3.92. The Hall–Kier alpha value is -7.01. The first-order chi connectivity index (χ1) is 30.2. The number of nitrogens with zero attached hydrogens (tertiary/aromatic N) is 3. The maximum Gasteiger partial charge on any atom is 0.0780 e. The summed E-state index contributed by atoms with van der Waals surface area (Å²) in [7, 11) is 0. The van der Waals surface area contributed by atoms with E-state index in [-0.39, 0.29) is 20.1 Å². The number of benzene rings is 9. The summed E-state index contributed by atoms with van der Waals surface area (Å²) in [4.78, 5) is 9.70. The number of aryl methyl sites for hydroxylation is 1. The Labute approximate surface area is 375 Å². The molecule has 5 heteroatoms. The van der Waals surface area contributed by atoms with Crippen LogP contribution in [0.4, 0.5) is 0 Å². The number of hydrogen-bond donors (Lipinski definition) is 0. The number of para-hydroxylation sites is 2. The molecule has 0 amide bonds. The second kappa shape index (κ2) is 15.5. The van der Waals surface area contributed by atoms with Crippen molar-refractivity contribution in [2.75, 3.05) is 0 Å². The number of pyridine rings is 1. The molecule has 0 unspecified atom stereocenters. The molecule has 9 aromatic carbocycles. The number of fused-ring (bicyclic) bond motifs is 13. The van der Waals surface area contributed by atoms with Crippen LogP contribution in [0.5, 0.6) is 0 Å². The molecule has 3 nitrogen and oxygen atoms in total. The molecule has 0 saturated heterocycles. The van der Waals surface area contributed by atoms with Gasteiger partial charge in [-0.15, -0.1) is 53.6 Å². The van der Waals surface area contributed by atoms with E-state index in [9.17, 15) is 0 Å². The van der Waals surface area contributed by atoms with Gasteiger partial charge in [0.2, 0.25) is 0 Å². The van der Waals surface area contributed by atoms with Crippen LogP contribution in [0.1, 0.15) is 5.56 Å². The average molecular weight is 986 g/mol. The van der Waals surface area contributed by atoms with Gasteiger partial charge in [0.25, 0.3) is 0 Å². The number of imidazole rings is 1. The van der Waals surface area contributed by atoms with Crippen molar-refractivity contribution in [1.29, 1.82) is 0 Å². The molecule has 62 heavy (non-hydrogen) atoms. The second-order valence-corrected chi connectivity index (χ2v) is 16.6. The minimum Gasteiger partial charge on any atom is -0.332 e. The van der Waals surface area contributed by atoms with Gasteiger partial charge in [-0.25, -0.2) is 0 Å². The number of rotatable bonds is 2. The number of hydrogen-bond acceptors (Lipinski definition) is 3. The van der Waals surface area contributed by atoms with Gasteiger partial charge in [-0.2, -0.15) is 11.3 Å². The van der Waals surface area contributed by atoms with Gasteiger partial charge >= 0.3 is 0 Å². The first-order valence-corrected chi connectivity index (χ1v) is 21.4. The minimum absolute atomic E-state index is 0. The summed E-state index contributed by atoms with van der Waals surface area (Å²) in [6.45, 7) is 2.21. The summed E-state index contributed by atoms with van der Waals surface area (Å²) >= 11 is 1.86. The molecule has 4 aromatic heterocycles. The maximum atomic E-state index is 5.48. The van der Waals surface area contributed by atoms with Gasteiger partial charge in [0.15, 0.2) is 0 Å². The fraction of sp³-hybridized carbons (Fsp3) is 0.0175. The molecule has 1 radical (unpaired) electrons. The van der Waals surface area contributed by atoms with Crippen molar-refractivity contribution in [3.8, 4) is 22.6 Å². The number of thiophene rings is 1. The molecular weight excluding hydrogens is 951 g/mol. The third kappa shape index (κ3) is 6.12. The minimum atomic E-state index is 0. The predicted molar refractivity (Wildman–Crippen MR) is 259 cm³/mol. The standard InChI is InChI=1S/C46H27N2S.C11H8N.Ir/c1-27-21-24-37(45-43(27)39-25-29-23-22-28-11-2-3-12-30(28)38(29)26-42(39)49-45)46-47-40-19-10-18-36-34-16-7-5-14-32(34)31-13-4-6-15-33(31)35-17-8-9-20-41(35)48(46)44(36)40;1-2-6-10(7-3-1)11-8-4-5-9-12-11;/h2-23,25-26H,1H3;1-6,8-9H;/q2*-1;. The first kappa shape index (κ1) is 37.9. The van der Waals surface area contributed by atoms with Crippen LogP contribution in [0.2, 0.25) is 0 Å². The van der Waals surface area contributed by atoms with Crippen LogP contribution in [0.3, 0.4) is 0 Å². The van der Waals surface area contributed by atoms with Gasteiger partial charge < -0.3 is 9.38 Å². The smallest absolute Gasteiger partial charge is 0.0780 e. The molecule has 0 fully saturated rings. The molecule has 295 valence electrons. The largest absolute Gasteiger partial charge is 0.332 e. The molecule has 4 heterocycles. The van der Waals surface area contributed by atoms with E-state index in [1.165, 1.54) is 79.6 Å². The van der Waals surface area contributed by atoms with E-state index in [2.05, 4.69) is 174 Å². The van der Waals surface area contributed by atoms with Crippen LogP contribution in [0.25, 0.3) is 113 Å².